The average molecular weight is 1050 g/mol. The second kappa shape index (κ2) is 22.4. The number of carbonyl (C=O) groups excluding carboxylic acids is 2. The van der Waals surface area contributed by atoms with Crippen molar-refractivity contribution in [3.63, 3.8) is 0 Å². The molecule has 1 aliphatic carbocycles. The number of benzene rings is 10. The van der Waals surface area contributed by atoms with Gasteiger partial charge in [0.2, 0.25) is 0 Å². The van der Waals surface area contributed by atoms with Crippen LogP contribution >= 0.6 is 0 Å². The van der Waals surface area contributed by atoms with Crippen LogP contribution in [0, 0.1) is 5.41 Å². The van der Waals surface area contributed by atoms with Gasteiger partial charge in [-0.2, -0.15) is 0 Å². The van der Waals surface area contributed by atoms with E-state index in [1.807, 2.05) is 127 Å². The van der Waals surface area contributed by atoms with Crippen LogP contribution in [0.3, 0.4) is 0 Å². The van der Waals surface area contributed by atoms with E-state index < -0.39 is 26.2 Å². The lowest BCUT2D eigenvalue weighted by Gasteiger charge is -2.24. The van der Waals surface area contributed by atoms with Gasteiger partial charge in [-0.1, -0.05) is 146 Å². The normalized spacial score (nSPS) is 11.9. The molecule has 0 aromatic heterocycles. The van der Waals surface area contributed by atoms with Gasteiger partial charge in [-0.3, -0.25) is 0 Å². The smallest absolute Gasteiger partial charge is 0.488 e. The zero-order chi connectivity index (χ0) is 55.6. The molecule has 14 heteroatoms. The van der Waals surface area contributed by atoms with E-state index >= 15 is 0 Å². The van der Waals surface area contributed by atoms with Gasteiger partial charge in [-0.15, -0.1) is 0 Å². The predicted molar refractivity (Wildman–Crippen MR) is 310 cm³/mol. The third-order valence-corrected chi connectivity index (χ3v) is 14.6. The molecule has 0 saturated carbocycles. The SMILES string of the molecule is COC(=O)c1ccccc1-c1c2ccc(=N)cc-2oc2c1ccc1cccc(OC)c12.O=C([O-])c1ccccc1C1=c2cc/c(=C\Cc3ccccc3B(O)O)cc2Oc2c1ccc1cc(CCc3ccccc3B(O)O)ccc21. The maximum atomic E-state index is 12.6. The molecular formula is C66H50B2NO11-. The molecule has 0 fully saturated rings. The van der Waals surface area contributed by atoms with Gasteiger partial charge >= 0.3 is 20.2 Å². The van der Waals surface area contributed by atoms with E-state index in [4.69, 9.17) is 24.0 Å². The minimum absolute atomic E-state index is 0.0785. The summed E-state index contributed by atoms with van der Waals surface area (Å²) in [7, 11) is -0.106. The minimum Gasteiger partial charge on any atom is -0.545 e. The summed E-state index contributed by atoms with van der Waals surface area (Å²) < 4.78 is 23.7. The van der Waals surface area contributed by atoms with E-state index in [1.54, 1.807) is 73.8 Å². The summed E-state index contributed by atoms with van der Waals surface area (Å²) in [5.41, 5.74) is 9.27. The number of esters is 1. The number of rotatable bonds is 12. The molecule has 0 bridgehead atoms. The molecule has 3 aliphatic rings. The molecule has 392 valence electrons. The standard InChI is InChI=1S/C40H32B2O7.C26H19NO4/c43-40(44)32-10-4-3-9-31(32)38-33-21-16-26(14-18-28-8-2-6-12-36(28)42(47)48)24-37(33)49-39-30-20-15-25(23-29(30)19-22-34(38)39)13-17-27-7-1-5-11-35(27)41(45)46;1-29-21-9-5-6-15-10-12-20-24(17-7-3-4-8-18(17)26(28)30-2)19-13-11-16(27)14-22(19)31-25(20)23(15)21/h1-12,14-16,19-24,45-48H,13,17-18H2,(H,43,44);3-14,27H,1-2H3/p-1/b26-14+;. The Morgan fingerprint density at radius 3 is 2.04 bits per heavy atom. The van der Waals surface area contributed by atoms with Crippen LogP contribution < -0.4 is 41.3 Å². The fraction of sp³-hybridized carbons (Fsp3) is 0.0758. The van der Waals surface area contributed by atoms with Crippen molar-refractivity contribution >= 4 is 81.3 Å². The number of methoxy groups -OCH3 is 2. The molecule has 80 heavy (non-hydrogen) atoms. The molecule has 9 aromatic carbocycles. The predicted octanol–water partition coefficient (Wildman–Crippen LogP) is 7.36. The van der Waals surface area contributed by atoms with Crippen molar-refractivity contribution in [2.75, 3.05) is 14.2 Å². The quantitative estimate of drug-likeness (QED) is 0.0354. The summed E-state index contributed by atoms with van der Waals surface area (Å²) in [5, 5.41) is 66.0. The summed E-state index contributed by atoms with van der Waals surface area (Å²) in [6.45, 7) is 0. The lowest BCUT2D eigenvalue weighted by molar-refractivity contribution is -0.255. The molecule has 0 saturated heterocycles. The molecule has 0 spiro atoms. The first-order valence-corrected chi connectivity index (χ1v) is 25.9. The van der Waals surface area contributed by atoms with Gasteiger partial charge < -0.3 is 54.0 Å². The monoisotopic (exact) mass is 1050 g/mol. The van der Waals surface area contributed by atoms with Crippen LogP contribution in [0.4, 0.5) is 0 Å². The van der Waals surface area contributed by atoms with Gasteiger partial charge in [-0.25, -0.2) is 4.79 Å². The van der Waals surface area contributed by atoms with Crippen molar-refractivity contribution in [2.45, 2.75) is 19.3 Å². The Hall–Kier alpha value is -9.56. The number of aromatic carboxylic acids is 1. The van der Waals surface area contributed by atoms with Crippen LogP contribution in [-0.2, 0) is 24.0 Å². The first-order chi connectivity index (χ1) is 38.9. The highest BCUT2D eigenvalue weighted by Crippen LogP contribution is 2.45. The Labute approximate surface area is 460 Å². The van der Waals surface area contributed by atoms with E-state index in [2.05, 4.69) is 6.07 Å². The Bertz CT molecular complexity index is 4400. The lowest BCUT2D eigenvalue weighted by atomic mass is 9.76. The van der Waals surface area contributed by atoms with Gasteiger partial charge in [0.1, 0.15) is 28.6 Å². The molecule has 0 unspecified atom stereocenters. The van der Waals surface area contributed by atoms with Crippen LogP contribution in [-0.4, -0.2) is 60.5 Å². The maximum Gasteiger partial charge on any atom is 0.488 e. The lowest BCUT2D eigenvalue weighted by Crippen LogP contribution is -2.33. The van der Waals surface area contributed by atoms with Crippen molar-refractivity contribution in [3.05, 3.63) is 249 Å². The van der Waals surface area contributed by atoms with Crippen LogP contribution in [0.1, 0.15) is 48.5 Å². The van der Waals surface area contributed by atoms with Crippen molar-refractivity contribution in [2.24, 2.45) is 0 Å². The van der Waals surface area contributed by atoms with Crippen molar-refractivity contribution in [1.29, 1.82) is 5.41 Å². The number of carboxylic acids is 1. The number of hydrogen-bond donors (Lipinski definition) is 5. The fourth-order valence-corrected chi connectivity index (χ4v) is 10.8. The van der Waals surface area contributed by atoms with Crippen LogP contribution in [0.25, 0.3) is 66.6 Å². The summed E-state index contributed by atoms with van der Waals surface area (Å²) in [6, 6.07) is 59.6. The summed E-state index contributed by atoms with van der Waals surface area (Å²) in [5.74, 6) is 0.754. The molecule has 0 atom stereocenters. The first kappa shape index (κ1) is 52.5. The van der Waals surface area contributed by atoms with E-state index in [-0.39, 0.29) is 5.56 Å². The van der Waals surface area contributed by atoms with Gasteiger partial charge in [0.15, 0.2) is 0 Å². The number of carbonyl (C=O) groups is 2. The maximum absolute atomic E-state index is 12.6. The first-order valence-electron chi connectivity index (χ1n) is 25.9. The summed E-state index contributed by atoms with van der Waals surface area (Å²) in [6.07, 6.45) is 3.76. The molecular weight excluding hydrogens is 1000 g/mol. The number of fused-ring (bicyclic) bond motifs is 8. The van der Waals surface area contributed by atoms with Gasteiger partial charge in [0, 0.05) is 49.9 Å². The van der Waals surface area contributed by atoms with Crippen LogP contribution in [0.15, 0.2) is 199 Å². The Balaban J connectivity index is 0.000000187. The van der Waals surface area contributed by atoms with E-state index in [0.717, 1.165) is 81.9 Å². The topological polar surface area (TPSA) is 203 Å². The van der Waals surface area contributed by atoms with Gasteiger partial charge in [0.25, 0.3) is 0 Å². The number of hydrogen-bond acceptors (Lipinski definition) is 12. The highest BCUT2D eigenvalue weighted by Gasteiger charge is 2.26. The molecule has 12 nitrogen and oxygen atoms in total. The Morgan fingerprint density at radius 2 is 1.29 bits per heavy atom. The molecule has 12 rings (SSSR count). The number of carboxylic acid groups (broad SMARTS) is 1. The zero-order valence-electron chi connectivity index (χ0n) is 43.5. The largest absolute Gasteiger partial charge is 0.545 e. The molecule has 0 amide bonds. The highest BCUT2D eigenvalue weighted by molar-refractivity contribution is 6.59. The van der Waals surface area contributed by atoms with E-state index in [1.165, 1.54) is 7.11 Å². The summed E-state index contributed by atoms with van der Waals surface area (Å²) in [4.78, 5) is 24.8. The van der Waals surface area contributed by atoms with Gasteiger partial charge in [-0.05, 0) is 123 Å². The van der Waals surface area contributed by atoms with Crippen molar-refractivity contribution in [1.82, 2.24) is 0 Å². The fourth-order valence-electron chi connectivity index (χ4n) is 10.8. The average Bonchev–Trinajstić information content (AvgIpc) is 3.57. The van der Waals surface area contributed by atoms with Gasteiger partial charge in [0.05, 0.1) is 36.5 Å². The molecule has 0 radical (unpaired) electrons. The second-order valence-corrected chi connectivity index (χ2v) is 19.3. The van der Waals surface area contributed by atoms with Crippen LogP contribution in [0.5, 0.6) is 17.2 Å². The molecule has 2 heterocycles. The number of aryl methyl sites for hydroxylation is 2. The third-order valence-electron chi connectivity index (χ3n) is 14.6. The third kappa shape index (κ3) is 10.1. The Kier molecular flexibility index (Phi) is 14.7. The molecule has 9 aromatic rings. The number of ether oxygens (including phenoxy) is 3. The minimum atomic E-state index is -1.58. The number of nitrogens with one attached hydrogen (secondary N) is 1. The zero-order valence-corrected chi connectivity index (χ0v) is 43.5. The molecule has 5 N–H and O–H groups in total. The van der Waals surface area contributed by atoms with Crippen molar-refractivity contribution in [3.8, 4) is 39.7 Å². The Morgan fingerprint density at radius 1 is 0.613 bits per heavy atom. The highest BCUT2D eigenvalue weighted by atomic mass is 16.5. The second-order valence-electron chi connectivity index (χ2n) is 19.3. The molecule has 2 aliphatic heterocycles. The summed E-state index contributed by atoms with van der Waals surface area (Å²) >= 11 is 0. The van der Waals surface area contributed by atoms with Crippen molar-refractivity contribution < 1.29 is 53.4 Å². The van der Waals surface area contributed by atoms with E-state index in [0.29, 0.717) is 75.3 Å². The van der Waals surface area contributed by atoms with E-state index in [9.17, 15) is 34.8 Å². The van der Waals surface area contributed by atoms with Crippen LogP contribution in [0.2, 0.25) is 0 Å².